The number of halogens is 1. The molecule has 3 aromatic rings. The molecule has 4 nitrogen and oxygen atoms in total. The monoisotopic (exact) mass is 403 g/mol. The van der Waals surface area contributed by atoms with E-state index in [1.807, 2.05) is 49.5 Å². The third-order valence-corrected chi connectivity index (χ3v) is 3.93. The van der Waals surface area contributed by atoms with Crippen LogP contribution in [-0.4, -0.2) is 15.7 Å². The van der Waals surface area contributed by atoms with Gasteiger partial charge in [0.05, 0.1) is 11.9 Å². The molecular weight excluding hydrogens is 389 g/mol. The van der Waals surface area contributed by atoms with E-state index in [9.17, 15) is 4.79 Å². The van der Waals surface area contributed by atoms with E-state index in [1.54, 1.807) is 23.0 Å². The van der Waals surface area contributed by atoms with Crippen LogP contribution >= 0.6 is 22.6 Å². The minimum Gasteiger partial charge on any atom is -0.322 e. The maximum Gasteiger partial charge on any atom is 0.255 e. The lowest BCUT2D eigenvalue weighted by Crippen LogP contribution is -2.11. The van der Waals surface area contributed by atoms with Crippen LogP contribution in [0.15, 0.2) is 60.9 Å². The SMILES string of the molecule is Cc1cnn(-c2ccc(C(=O)Nc3ccc(I)cc3)cc2)c1. The largest absolute Gasteiger partial charge is 0.322 e. The van der Waals surface area contributed by atoms with Crippen LogP contribution in [0.2, 0.25) is 0 Å². The Labute approximate surface area is 142 Å². The number of rotatable bonds is 3. The first kappa shape index (κ1) is 14.8. The van der Waals surface area contributed by atoms with Crippen LogP contribution in [0.25, 0.3) is 5.69 Å². The second-order valence-electron chi connectivity index (χ2n) is 4.97. The Morgan fingerprint density at radius 3 is 2.36 bits per heavy atom. The molecule has 5 heteroatoms. The predicted molar refractivity (Wildman–Crippen MR) is 95.4 cm³/mol. The van der Waals surface area contributed by atoms with E-state index in [4.69, 9.17) is 0 Å². The molecule has 0 fully saturated rings. The zero-order valence-electron chi connectivity index (χ0n) is 12.0. The lowest BCUT2D eigenvalue weighted by Gasteiger charge is -2.06. The minimum absolute atomic E-state index is 0.121. The average molecular weight is 403 g/mol. The van der Waals surface area contributed by atoms with Gasteiger partial charge in [-0.1, -0.05) is 0 Å². The number of hydrogen-bond acceptors (Lipinski definition) is 2. The molecule has 0 radical (unpaired) electrons. The first-order valence-corrected chi connectivity index (χ1v) is 7.88. The first-order valence-electron chi connectivity index (χ1n) is 6.80. The van der Waals surface area contributed by atoms with E-state index < -0.39 is 0 Å². The Morgan fingerprint density at radius 2 is 1.77 bits per heavy atom. The Kier molecular flexibility index (Phi) is 4.24. The van der Waals surface area contributed by atoms with Crippen LogP contribution in [0.3, 0.4) is 0 Å². The van der Waals surface area contributed by atoms with Crippen molar-refractivity contribution >= 4 is 34.2 Å². The van der Waals surface area contributed by atoms with Gasteiger partial charge in [-0.3, -0.25) is 4.79 Å². The van der Waals surface area contributed by atoms with Crippen LogP contribution in [0.4, 0.5) is 5.69 Å². The summed E-state index contributed by atoms with van der Waals surface area (Å²) in [6.45, 7) is 1.99. The maximum atomic E-state index is 12.2. The van der Waals surface area contributed by atoms with Crippen molar-refractivity contribution in [3.63, 3.8) is 0 Å². The summed E-state index contributed by atoms with van der Waals surface area (Å²) in [5.74, 6) is -0.121. The maximum absolute atomic E-state index is 12.2. The van der Waals surface area contributed by atoms with E-state index >= 15 is 0 Å². The van der Waals surface area contributed by atoms with Crippen molar-refractivity contribution in [2.24, 2.45) is 0 Å². The molecule has 0 saturated heterocycles. The van der Waals surface area contributed by atoms with Crippen LogP contribution in [0, 0.1) is 10.5 Å². The number of carbonyl (C=O) groups excluding carboxylic acids is 1. The first-order chi connectivity index (χ1) is 10.6. The van der Waals surface area contributed by atoms with E-state index in [0.29, 0.717) is 5.56 Å². The Balaban J connectivity index is 1.74. The fourth-order valence-electron chi connectivity index (χ4n) is 2.06. The van der Waals surface area contributed by atoms with Gasteiger partial charge >= 0.3 is 0 Å². The molecular formula is C17H14IN3O. The Hall–Kier alpha value is -2.15. The smallest absolute Gasteiger partial charge is 0.255 e. The molecule has 0 aliphatic heterocycles. The van der Waals surface area contributed by atoms with E-state index in [-0.39, 0.29) is 5.91 Å². The minimum atomic E-state index is -0.121. The Morgan fingerprint density at radius 1 is 1.09 bits per heavy atom. The molecule has 2 aromatic carbocycles. The number of anilines is 1. The molecule has 0 spiro atoms. The number of aryl methyl sites for hydroxylation is 1. The second-order valence-corrected chi connectivity index (χ2v) is 6.22. The highest BCUT2D eigenvalue weighted by molar-refractivity contribution is 14.1. The molecule has 1 aromatic heterocycles. The normalized spacial score (nSPS) is 10.5. The number of hydrogen-bond donors (Lipinski definition) is 1. The van der Waals surface area contributed by atoms with Gasteiger partial charge in [-0.05, 0) is 83.6 Å². The van der Waals surface area contributed by atoms with Gasteiger partial charge in [-0.2, -0.15) is 5.10 Å². The number of nitrogens with zero attached hydrogens (tertiary/aromatic N) is 2. The number of carbonyl (C=O) groups is 1. The summed E-state index contributed by atoms with van der Waals surface area (Å²) in [6, 6.07) is 15.1. The van der Waals surface area contributed by atoms with Gasteiger partial charge in [0.15, 0.2) is 0 Å². The van der Waals surface area contributed by atoms with Gasteiger partial charge in [0.25, 0.3) is 5.91 Å². The van der Waals surface area contributed by atoms with E-state index in [2.05, 4.69) is 33.0 Å². The highest BCUT2D eigenvalue weighted by Crippen LogP contribution is 2.14. The summed E-state index contributed by atoms with van der Waals surface area (Å²) in [5, 5.41) is 7.14. The summed E-state index contributed by atoms with van der Waals surface area (Å²) >= 11 is 2.23. The fraction of sp³-hybridized carbons (Fsp3) is 0.0588. The molecule has 0 aliphatic carbocycles. The summed E-state index contributed by atoms with van der Waals surface area (Å²) < 4.78 is 2.92. The fourth-order valence-corrected chi connectivity index (χ4v) is 2.42. The molecule has 3 rings (SSSR count). The molecule has 0 bridgehead atoms. The number of nitrogens with one attached hydrogen (secondary N) is 1. The van der Waals surface area contributed by atoms with Gasteiger partial charge < -0.3 is 5.32 Å². The van der Waals surface area contributed by atoms with Crippen molar-refractivity contribution < 1.29 is 4.79 Å². The van der Waals surface area contributed by atoms with Gasteiger partial charge in [0.1, 0.15) is 0 Å². The Bertz CT molecular complexity index is 792. The van der Waals surface area contributed by atoms with Crippen molar-refractivity contribution in [1.82, 2.24) is 9.78 Å². The summed E-state index contributed by atoms with van der Waals surface area (Å²) in [7, 11) is 0. The summed E-state index contributed by atoms with van der Waals surface area (Å²) in [4.78, 5) is 12.2. The van der Waals surface area contributed by atoms with E-state index in [0.717, 1.165) is 20.5 Å². The van der Waals surface area contributed by atoms with Gasteiger partial charge in [0, 0.05) is 21.0 Å². The molecule has 0 aliphatic rings. The highest BCUT2D eigenvalue weighted by Gasteiger charge is 2.07. The number of benzene rings is 2. The topological polar surface area (TPSA) is 46.9 Å². The number of amides is 1. The summed E-state index contributed by atoms with van der Waals surface area (Å²) in [5.41, 5.74) is 3.43. The van der Waals surface area contributed by atoms with Crippen molar-refractivity contribution in [3.8, 4) is 5.69 Å². The lowest BCUT2D eigenvalue weighted by atomic mass is 10.2. The molecule has 1 heterocycles. The predicted octanol–water partition coefficient (Wildman–Crippen LogP) is 4.04. The highest BCUT2D eigenvalue weighted by atomic mass is 127. The molecule has 22 heavy (non-hydrogen) atoms. The lowest BCUT2D eigenvalue weighted by molar-refractivity contribution is 0.102. The van der Waals surface area contributed by atoms with Gasteiger partial charge in [-0.15, -0.1) is 0 Å². The third kappa shape index (κ3) is 3.36. The van der Waals surface area contributed by atoms with Crippen LogP contribution in [0.1, 0.15) is 15.9 Å². The summed E-state index contributed by atoms with van der Waals surface area (Å²) in [6.07, 6.45) is 3.75. The van der Waals surface area contributed by atoms with Crippen LogP contribution < -0.4 is 5.32 Å². The van der Waals surface area contributed by atoms with E-state index in [1.165, 1.54) is 0 Å². The average Bonchev–Trinajstić information content (AvgIpc) is 2.96. The van der Waals surface area contributed by atoms with Crippen LogP contribution in [0.5, 0.6) is 0 Å². The quantitative estimate of drug-likeness (QED) is 0.672. The third-order valence-electron chi connectivity index (χ3n) is 3.21. The zero-order chi connectivity index (χ0) is 15.5. The molecule has 1 amide bonds. The molecule has 0 atom stereocenters. The van der Waals surface area contributed by atoms with Crippen molar-refractivity contribution in [1.29, 1.82) is 0 Å². The van der Waals surface area contributed by atoms with Gasteiger partial charge in [-0.25, -0.2) is 4.68 Å². The number of aromatic nitrogens is 2. The second kappa shape index (κ2) is 6.31. The van der Waals surface area contributed by atoms with Crippen molar-refractivity contribution in [2.45, 2.75) is 6.92 Å². The van der Waals surface area contributed by atoms with Gasteiger partial charge in [0.2, 0.25) is 0 Å². The zero-order valence-corrected chi connectivity index (χ0v) is 14.1. The molecule has 0 saturated carbocycles. The standard InChI is InChI=1S/C17H14IN3O/c1-12-10-19-21(11-12)16-8-2-13(3-9-16)17(22)20-15-6-4-14(18)5-7-15/h2-11H,1H3,(H,20,22). The molecule has 1 N–H and O–H groups in total. The van der Waals surface area contributed by atoms with Crippen LogP contribution in [-0.2, 0) is 0 Å². The van der Waals surface area contributed by atoms with Crippen molar-refractivity contribution in [3.05, 3.63) is 75.6 Å². The van der Waals surface area contributed by atoms with Crippen molar-refractivity contribution in [2.75, 3.05) is 5.32 Å². The molecule has 110 valence electrons. The molecule has 0 unspecified atom stereocenters.